The highest BCUT2D eigenvalue weighted by molar-refractivity contribution is 5.22. The van der Waals surface area contributed by atoms with Crippen LogP contribution in [-0.2, 0) is 12.8 Å². The number of rotatable bonds is 7. The van der Waals surface area contributed by atoms with Gasteiger partial charge in [0.05, 0.1) is 5.69 Å². The highest BCUT2D eigenvalue weighted by atomic mass is 15.3. The van der Waals surface area contributed by atoms with Gasteiger partial charge in [-0.05, 0) is 57.2 Å². The van der Waals surface area contributed by atoms with Crippen molar-refractivity contribution < 1.29 is 0 Å². The van der Waals surface area contributed by atoms with E-state index in [2.05, 4.69) is 67.1 Å². The molecule has 0 aliphatic rings. The summed E-state index contributed by atoms with van der Waals surface area (Å²) in [4.78, 5) is 0. The van der Waals surface area contributed by atoms with Crippen molar-refractivity contribution in [1.82, 2.24) is 9.78 Å². The van der Waals surface area contributed by atoms with Crippen molar-refractivity contribution >= 4 is 0 Å². The number of aryl methyl sites for hydroxylation is 1. The molecule has 3 nitrogen and oxygen atoms in total. The van der Waals surface area contributed by atoms with E-state index in [-0.39, 0.29) is 0 Å². The first-order chi connectivity index (χ1) is 10.1. The minimum Gasteiger partial charge on any atom is -0.330 e. The molecule has 0 amide bonds. The van der Waals surface area contributed by atoms with Gasteiger partial charge >= 0.3 is 0 Å². The zero-order valence-corrected chi connectivity index (χ0v) is 13.4. The molecule has 114 valence electrons. The molecule has 21 heavy (non-hydrogen) atoms. The Hall–Kier alpha value is -1.61. The number of benzene rings is 1. The Morgan fingerprint density at radius 2 is 2.05 bits per heavy atom. The lowest BCUT2D eigenvalue weighted by Crippen LogP contribution is -2.20. The summed E-state index contributed by atoms with van der Waals surface area (Å²) >= 11 is 0. The molecule has 0 saturated carbocycles. The van der Waals surface area contributed by atoms with E-state index < -0.39 is 0 Å². The summed E-state index contributed by atoms with van der Waals surface area (Å²) in [6, 6.07) is 11.3. The summed E-state index contributed by atoms with van der Waals surface area (Å²) in [6.45, 7) is 7.22. The molecule has 2 atom stereocenters. The Labute approximate surface area is 128 Å². The first kappa shape index (κ1) is 15.8. The Bertz CT molecular complexity index is 559. The SMILES string of the molecule is CCC(C)n1ccc(CC(CN)Cc2cccc(C)c2)n1. The van der Waals surface area contributed by atoms with Gasteiger partial charge in [0.25, 0.3) is 0 Å². The normalized spacial score (nSPS) is 14.1. The van der Waals surface area contributed by atoms with E-state index in [1.165, 1.54) is 11.1 Å². The van der Waals surface area contributed by atoms with Crippen LogP contribution in [0.15, 0.2) is 36.5 Å². The third-order valence-corrected chi connectivity index (χ3v) is 4.14. The van der Waals surface area contributed by atoms with E-state index in [1.807, 2.05) is 0 Å². The molecule has 0 fully saturated rings. The molecule has 0 bridgehead atoms. The molecule has 0 saturated heterocycles. The van der Waals surface area contributed by atoms with Crippen LogP contribution in [0.25, 0.3) is 0 Å². The van der Waals surface area contributed by atoms with Gasteiger partial charge in [0.2, 0.25) is 0 Å². The average Bonchev–Trinajstić information content (AvgIpc) is 2.94. The monoisotopic (exact) mass is 285 g/mol. The second-order valence-electron chi connectivity index (χ2n) is 6.04. The topological polar surface area (TPSA) is 43.8 Å². The van der Waals surface area contributed by atoms with Gasteiger partial charge in [-0.25, -0.2) is 0 Å². The second kappa shape index (κ2) is 7.41. The minimum atomic E-state index is 0.451. The van der Waals surface area contributed by atoms with Crippen LogP contribution in [0.2, 0.25) is 0 Å². The van der Waals surface area contributed by atoms with Crippen molar-refractivity contribution in [2.45, 2.75) is 46.1 Å². The fraction of sp³-hybridized carbons (Fsp3) is 0.500. The molecule has 2 unspecified atom stereocenters. The standard InChI is InChI=1S/C18H27N3/c1-4-15(3)21-9-8-18(20-21)12-17(13-19)11-16-7-5-6-14(2)10-16/h5-10,15,17H,4,11-13,19H2,1-3H3. The summed E-state index contributed by atoms with van der Waals surface area (Å²) in [7, 11) is 0. The van der Waals surface area contributed by atoms with E-state index >= 15 is 0 Å². The van der Waals surface area contributed by atoms with Gasteiger partial charge in [-0.15, -0.1) is 0 Å². The highest BCUT2D eigenvalue weighted by Crippen LogP contribution is 2.16. The molecule has 0 spiro atoms. The molecular formula is C18H27N3. The van der Waals surface area contributed by atoms with Crippen LogP contribution < -0.4 is 5.73 Å². The van der Waals surface area contributed by atoms with Crippen molar-refractivity contribution in [3.05, 3.63) is 53.3 Å². The number of hydrogen-bond donors (Lipinski definition) is 1. The molecule has 0 aliphatic carbocycles. The van der Waals surface area contributed by atoms with Crippen LogP contribution in [0, 0.1) is 12.8 Å². The van der Waals surface area contributed by atoms with E-state index in [0.29, 0.717) is 18.5 Å². The van der Waals surface area contributed by atoms with E-state index in [1.54, 1.807) is 0 Å². The summed E-state index contributed by atoms with van der Waals surface area (Å²) in [5, 5.41) is 4.69. The Morgan fingerprint density at radius 3 is 2.71 bits per heavy atom. The maximum Gasteiger partial charge on any atom is 0.0628 e. The van der Waals surface area contributed by atoms with Gasteiger partial charge < -0.3 is 5.73 Å². The number of nitrogens with zero attached hydrogens (tertiary/aromatic N) is 2. The van der Waals surface area contributed by atoms with Crippen molar-refractivity contribution in [3.63, 3.8) is 0 Å². The van der Waals surface area contributed by atoms with Gasteiger partial charge in [-0.3, -0.25) is 4.68 Å². The average molecular weight is 285 g/mol. The zero-order valence-electron chi connectivity index (χ0n) is 13.4. The molecule has 2 N–H and O–H groups in total. The smallest absolute Gasteiger partial charge is 0.0628 e. The van der Waals surface area contributed by atoms with Crippen LogP contribution in [0.1, 0.15) is 43.1 Å². The van der Waals surface area contributed by atoms with Crippen LogP contribution in [0.3, 0.4) is 0 Å². The van der Waals surface area contributed by atoms with Gasteiger partial charge in [0, 0.05) is 12.2 Å². The third-order valence-electron chi connectivity index (χ3n) is 4.14. The molecule has 3 heteroatoms. The van der Waals surface area contributed by atoms with Gasteiger partial charge in [0.1, 0.15) is 0 Å². The van der Waals surface area contributed by atoms with Crippen LogP contribution in [0.5, 0.6) is 0 Å². The van der Waals surface area contributed by atoms with Gasteiger partial charge in [0.15, 0.2) is 0 Å². The molecular weight excluding hydrogens is 258 g/mol. The van der Waals surface area contributed by atoms with Crippen LogP contribution in [-0.4, -0.2) is 16.3 Å². The number of aromatic nitrogens is 2. The van der Waals surface area contributed by atoms with E-state index in [9.17, 15) is 0 Å². The fourth-order valence-electron chi connectivity index (χ4n) is 2.63. The maximum atomic E-state index is 5.96. The maximum absolute atomic E-state index is 5.96. The molecule has 2 rings (SSSR count). The third kappa shape index (κ3) is 4.43. The van der Waals surface area contributed by atoms with Crippen molar-refractivity contribution in [2.24, 2.45) is 11.7 Å². The first-order valence-corrected chi connectivity index (χ1v) is 7.92. The van der Waals surface area contributed by atoms with Crippen LogP contribution in [0.4, 0.5) is 0 Å². The van der Waals surface area contributed by atoms with Crippen molar-refractivity contribution in [3.8, 4) is 0 Å². The molecule has 1 heterocycles. The molecule has 1 aromatic heterocycles. The quantitative estimate of drug-likeness (QED) is 0.846. The van der Waals surface area contributed by atoms with Crippen LogP contribution >= 0.6 is 0 Å². The Kier molecular flexibility index (Phi) is 5.57. The lowest BCUT2D eigenvalue weighted by Gasteiger charge is -2.14. The summed E-state index contributed by atoms with van der Waals surface area (Å²) in [5.41, 5.74) is 9.79. The second-order valence-corrected chi connectivity index (χ2v) is 6.04. The summed E-state index contributed by atoms with van der Waals surface area (Å²) in [6.07, 6.45) is 5.16. The molecule has 0 aliphatic heterocycles. The highest BCUT2D eigenvalue weighted by Gasteiger charge is 2.12. The lowest BCUT2D eigenvalue weighted by atomic mass is 9.94. The Balaban J connectivity index is 2.00. The van der Waals surface area contributed by atoms with Crippen molar-refractivity contribution in [1.29, 1.82) is 0 Å². The minimum absolute atomic E-state index is 0.451. The lowest BCUT2D eigenvalue weighted by molar-refractivity contribution is 0.463. The van der Waals surface area contributed by atoms with E-state index in [0.717, 1.165) is 25.0 Å². The molecule has 1 aromatic carbocycles. The number of hydrogen-bond acceptors (Lipinski definition) is 2. The largest absolute Gasteiger partial charge is 0.330 e. The molecule has 2 aromatic rings. The predicted molar refractivity (Wildman–Crippen MR) is 88.4 cm³/mol. The summed E-state index contributed by atoms with van der Waals surface area (Å²) < 4.78 is 2.07. The zero-order chi connectivity index (χ0) is 15.2. The van der Waals surface area contributed by atoms with E-state index in [4.69, 9.17) is 5.73 Å². The predicted octanol–water partition coefficient (Wildman–Crippen LogP) is 3.52. The van der Waals surface area contributed by atoms with Gasteiger partial charge in [-0.1, -0.05) is 36.8 Å². The van der Waals surface area contributed by atoms with Crippen molar-refractivity contribution in [2.75, 3.05) is 6.54 Å². The number of nitrogens with two attached hydrogens (primary N) is 1. The summed E-state index contributed by atoms with van der Waals surface area (Å²) in [5.74, 6) is 0.451. The first-order valence-electron chi connectivity index (χ1n) is 7.92. The Morgan fingerprint density at radius 1 is 1.24 bits per heavy atom. The molecule has 0 radical (unpaired) electrons. The fourth-order valence-corrected chi connectivity index (χ4v) is 2.63. The van der Waals surface area contributed by atoms with Gasteiger partial charge in [-0.2, -0.15) is 5.10 Å².